The van der Waals surface area contributed by atoms with Gasteiger partial charge in [0.05, 0.1) is 16.9 Å². The zero-order valence-electron chi connectivity index (χ0n) is 14.2. The number of imidazole rings is 1. The summed E-state index contributed by atoms with van der Waals surface area (Å²) in [6.07, 6.45) is 5.51. The molecule has 3 aromatic heterocycles. The quantitative estimate of drug-likeness (QED) is 0.659. The Morgan fingerprint density at radius 3 is 2.88 bits per heavy atom. The highest BCUT2D eigenvalue weighted by atomic mass is 32.2. The standard InChI is InChI=1S/C17H19N5O2S/c1-12-19-15(16-5-3-4-7-22(12)16)11-21-8-6-14-13(10-21)9-18-17(20-14)25(2,23)24/h3-5,7,9H,6,8,10-11H2,1-2H3. The second-order valence-electron chi connectivity index (χ2n) is 6.42. The van der Waals surface area contributed by atoms with Crippen molar-refractivity contribution in [2.24, 2.45) is 0 Å². The molecule has 0 saturated heterocycles. The Hall–Kier alpha value is -2.32. The van der Waals surface area contributed by atoms with Gasteiger partial charge in [-0.3, -0.25) is 4.90 Å². The third kappa shape index (κ3) is 3.03. The van der Waals surface area contributed by atoms with Gasteiger partial charge in [-0.1, -0.05) is 6.07 Å². The molecule has 7 nitrogen and oxygen atoms in total. The van der Waals surface area contributed by atoms with E-state index in [1.165, 1.54) is 0 Å². The Balaban J connectivity index is 1.58. The molecule has 0 atom stereocenters. The van der Waals surface area contributed by atoms with Crippen molar-refractivity contribution in [3.05, 3.63) is 53.4 Å². The first kappa shape index (κ1) is 16.2. The molecule has 4 rings (SSSR count). The molecule has 0 radical (unpaired) electrons. The van der Waals surface area contributed by atoms with Crippen molar-refractivity contribution in [3.63, 3.8) is 0 Å². The van der Waals surface area contributed by atoms with Crippen LogP contribution >= 0.6 is 0 Å². The van der Waals surface area contributed by atoms with Crippen LogP contribution < -0.4 is 0 Å². The minimum absolute atomic E-state index is 0.0876. The maximum absolute atomic E-state index is 11.6. The molecule has 8 heteroatoms. The van der Waals surface area contributed by atoms with Gasteiger partial charge in [-0.25, -0.2) is 23.4 Å². The van der Waals surface area contributed by atoms with Gasteiger partial charge in [-0.05, 0) is 19.1 Å². The molecular weight excluding hydrogens is 338 g/mol. The van der Waals surface area contributed by atoms with E-state index in [-0.39, 0.29) is 5.16 Å². The summed E-state index contributed by atoms with van der Waals surface area (Å²) in [6.45, 7) is 4.26. The highest BCUT2D eigenvalue weighted by Gasteiger charge is 2.22. The van der Waals surface area contributed by atoms with Gasteiger partial charge in [0.25, 0.3) is 0 Å². The average molecular weight is 357 g/mol. The molecule has 130 valence electrons. The zero-order chi connectivity index (χ0) is 17.6. The number of fused-ring (bicyclic) bond motifs is 2. The van der Waals surface area contributed by atoms with Crippen molar-refractivity contribution in [2.45, 2.75) is 31.6 Å². The third-order valence-corrected chi connectivity index (χ3v) is 5.36. The number of sulfone groups is 1. The summed E-state index contributed by atoms with van der Waals surface area (Å²) in [4.78, 5) is 15.2. The van der Waals surface area contributed by atoms with E-state index in [0.717, 1.165) is 47.6 Å². The topological polar surface area (TPSA) is 80.5 Å². The van der Waals surface area contributed by atoms with Gasteiger partial charge >= 0.3 is 0 Å². The molecule has 0 N–H and O–H groups in total. The van der Waals surface area contributed by atoms with E-state index in [1.807, 2.05) is 25.3 Å². The molecule has 4 heterocycles. The van der Waals surface area contributed by atoms with Crippen molar-refractivity contribution in [1.82, 2.24) is 24.3 Å². The zero-order valence-corrected chi connectivity index (χ0v) is 15.0. The fraction of sp³-hybridized carbons (Fsp3) is 0.353. The summed E-state index contributed by atoms with van der Waals surface area (Å²) in [6, 6.07) is 6.10. The monoisotopic (exact) mass is 357 g/mol. The second-order valence-corrected chi connectivity index (χ2v) is 8.33. The van der Waals surface area contributed by atoms with E-state index in [9.17, 15) is 8.42 Å². The summed E-state index contributed by atoms with van der Waals surface area (Å²) in [5.74, 6) is 0.976. The van der Waals surface area contributed by atoms with Gasteiger partial charge in [0.2, 0.25) is 15.0 Å². The Morgan fingerprint density at radius 2 is 2.08 bits per heavy atom. The van der Waals surface area contributed by atoms with Crippen molar-refractivity contribution in [3.8, 4) is 0 Å². The molecular formula is C17H19N5O2S. The van der Waals surface area contributed by atoms with E-state index < -0.39 is 9.84 Å². The van der Waals surface area contributed by atoms with Gasteiger partial charge in [-0.2, -0.15) is 0 Å². The summed E-state index contributed by atoms with van der Waals surface area (Å²) < 4.78 is 25.3. The smallest absolute Gasteiger partial charge is 0.246 e. The van der Waals surface area contributed by atoms with Crippen LogP contribution in [-0.4, -0.2) is 45.5 Å². The van der Waals surface area contributed by atoms with Gasteiger partial charge < -0.3 is 4.40 Å². The van der Waals surface area contributed by atoms with Crippen LogP contribution in [0.25, 0.3) is 5.52 Å². The van der Waals surface area contributed by atoms with Crippen molar-refractivity contribution in [1.29, 1.82) is 0 Å². The van der Waals surface area contributed by atoms with Crippen molar-refractivity contribution < 1.29 is 8.42 Å². The molecule has 1 aliphatic heterocycles. The molecule has 0 aromatic carbocycles. The molecule has 0 saturated carbocycles. The van der Waals surface area contributed by atoms with E-state index in [4.69, 9.17) is 4.98 Å². The number of pyridine rings is 1. The lowest BCUT2D eigenvalue weighted by Gasteiger charge is -2.27. The Labute approximate surface area is 146 Å². The maximum atomic E-state index is 11.6. The highest BCUT2D eigenvalue weighted by Crippen LogP contribution is 2.21. The van der Waals surface area contributed by atoms with E-state index in [0.29, 0.717) is 13.0 Å². The van der Waals surface area contributed by atoms with Gasteiger partial charge in [-0.15, -0.1) is 0 Å². The van der Waals surface area contributed by atoms with Gasteiger partial charge in [0.15, 0.2) is 0 Å². The maximum Gasteiger partial charge on any atom is 0.246 e. The number of hydrogen-bond acceptors (Lipinski definition) is 6. The number of rotatable bonds is 3. The van der Waals surface area contributed by atoms with Crippen LogP contribution in [0.5, 0.6) is 0 Å². The number of aromatic nitrogens is 4. The van der Waals surface area contributed by atoms with E-state index in [1.54, 1.807) is 6.20 Å². The molecule has 0 aliphatic carbocycles. The molecule has 0 amide bonds. The summed E-state index contributed by atoms with van der Waals surface area (Å²) in [5, 5.41) is -0.0876. The third-order valence-electron chi connectivity index (χ3n) is 4.50. The molecule has 0 unspecified atom stereocenters. The van der Waals surface area contributed by atoms with Crippen molar-refractivity contribution >= 4 is 15.4 Å². The van der Waals surface area contributed by atoms with Crippen LogP contribution in [0.3, 0.4) is 0 Å². The fourth-order valence-corrected chi connectivity index (χ4v) is 3.79. The van der Waals surface area contributed by atoms with Crippen LogP contribution in [0.2, 0.25) is 0 Å². The average Bonchev–Trinajstić information content (AvgIpc) is 2.90. The van der Waals surface area contributed by atoms with Crippen LogP contribution in [0.15, 0.2) is 35.7 Å². The van der Waals surface area contributed by atoms with Crippen LogP contribution in [-0.2, 0) is 29.3 Å². The highest BCUT2D eigenvalue weighted by molar-refractivity contribution is 7.90. The molecule has 0 fully saturated rings. The fourth-order valence-electron chi connectivity index (χ4n) is 3.26. The van der Waals surface area contributed by atoms with Crippen LogP contribution in [0, 0.1) is 6.92 Å². The normalized spacial score (nSPS) is 15.4. The lowest BCUT2D eigenvalue weighted by atomic mass is 10.1. The van der Waals surface area contributed by atoms with E-state index in [2.05, 4.69) is 25.3 Å². The number of aryl methyl sites for hydroxylation is 1. The minimum atomic E-state index is -3.37. The predicted molar refractivity (Wildman–Crippen MR) is 92.9 cm³/mol. The molecule has 3 aromatic rings. The summed E-state index contributed by atoms with van der Waals surface area (Å²) in [7, 11) is -3.37. The first-order valence-electron chi connectivity index (χ1n) is 8.11. The Morgan fingerprint density at radius 1 is 1.24 bits per heavy atom. The largest absolute Gasteiger partial charge is 0.304 e. The van der Waals surface area contributed by atoms with Crippen molar-refractivity contribution in [2.75, 3.05) is 12.8 Å². The van der Waals surface area contributed by atoms with Crippen LogP contribution in [0.1, 0.15) is 22.8 Å². The SMILES string of the molecule is Cc1nc(CN2CCc3nc(S(C)(=O)=O)ncc3C2)c2ccccn12. The summed E-state index contributed by atoms with van der Waals surface area (Å²) in [5.41, 5.74) is 3.99. The summed E-state index contributed by atoms with van der Waals surface area (Å²) >= 11 is 0. The Bertz CT molecular complexity index is 1060. The molecule has 0 bridgehead atoms. The lowest BCUT2D eigenvalue weighted by molar-refractivity contribution is 0.240. The van der Waals surface area contributed by atoms with Crippen LogP contribution in [0.4, 0.5) is 0 Å². The van der Waals surface area contributed by atoms with E-state index >= 15 is 0 Å². The van der Waals surface area contributed by atoms with Gasteiger partial charge in [0, 0.05) is 50.3 Å². The number of hydrogen-bond donors (Lipinski definition) is 0. The first-order chi connectivity index (χ1) is 11.9. The minimum Gasteiger partial charge on any atom is -0.304 e. The molecule has 1 aliphatic rings. The number of nitrogens with zero attached hydrogens (tertiary/aromatic N) is 5. The molecule has 0 spiro atoms. The van der Waals surface area contributed by atoms with Gasteiger partial charge in [0.1, 0.15) is 5.82 Å². The first-order valence-corrected chi connectivity index (χ1v) is 10.0. The predicted octanol–water partition coefficient (Wildman–Crippen LogP) is 1.39. The second kappa shape index (κ2) is 5.89. The molecule has 25 heavy (non-hydrogen) atoms. The lowest BCUT2D eigenvalue weighted by Crippen LogP contribution is -2.31. The Kier molecular flexibility index (Phi) is 3.81.